The second kappa shape index (κ2) is 10.1. The molecule has 0 atom stereocenters. The molecule has 10 heteroatoms. The molecule has 2 aromatic heterocycles. The van der Waals surface area contributed by atoms with Gasteiger partial charge >= 0.3 is 0 Å². The minimum atomic E-state index is -0.429. The third-order valence-corrected chi connectivity index (χ3v) is 7.29. The van der Waals surface area contributed by atoms with E-state index >= 15 is 0 Å². The van der Waals surface area contributed by atoms with Crippen LogP contribution in [0.5, 0.6) is 0 Å². The van der Waals surface area contributed by atoms with E-state index in [1.165, 1.54) is 31.0 Å². The van der Waals surface area contributed by atoms with Gasteiger partial charge in [0.25, 0.3) is 0 Å². The maximum Gasteiger partial charge on any atom is 0.226 e. The van der Waals surface area contributed by atoms with Gasteiger partial charge in [0, 0.05) is 66.7 Å². The average Bonchev–Trinajstić information content (AvgIpc) is 3.63. The van der Waals surface area contributed by atoms with Gasteiger partial charge in [0.05, 0.1) is 17.1 Å². The van der Waals surface area contributed by atoms with Crippen molar-refractivity contribution in [1.29, 1.82) is 0 Å². The highest BCUT2D eigenvalue weighted by Gasteiger charge is 2.49. The van der Waals surface area contributed by atoms with Crippen molar-refractivity contribution in [3.8, 4) is 11.3 Å². The van der Waals surface area contributed by atoms with Gasteiger partial charge in [-0.3, -0.25) is 14.6 Å². The highest BCUT2D eigenvalue weighted by atomic mass is 35.5. The topological polar surface area (TPSA) is 86.3 Å². The van der Waals surface area contributed by atoms with E-state index in [9.17, 15) is 9.18 Å². The van der Waals surface area contributed by atoms with Gasteiger partial charge in [0.2, 0.25) is 5.91 Å². The third-order valence-electron chi connectivity index (χ3n) is 7.05. The Hall–Kier alpha value is -3.14. The van der Waals surface area contributed by atoms with E-state index in [-0.39, 0.29) is 11.5 Å². The summed E-state index contributed by atoms with van der Waals surface area (Å²) in [7, 11) is 2.20. The molecule has 8 nitrogen and oxygen atoms in total. The van der Waals surface area contributed by atoms with Crippen LogP contribution in [0.2, 0.25) is 5.02 Å². The largest absolute Gasteiger partial charge is 0.354 e. The van der Waals surface area contributed by atoms with Crippen molar-refractivity contribution < 1.29 is 9.18 Å². The van der Waals surface area contributed by atoms with Crippen LogP contribution in [0.4, 0.5) is 21.6 Å². The van der Waals surface area contributed by atoms with Gasteiger partial charge in [-0.05, 0) is 57.1 Å². The minimum Gasteiger partial charge on any atom is -0.354 e. The number of aromatic nitrogens is 3. The Morgan fingerprint density at radius 1 is 1.17 bits per heavy atom. The minimum absolute atomic E-state index is 0.0658. The number of carbonyl (C=O) groups excluding carboxylic acids is 1. The van der Waals surface area contributed by atoms with E-state index in [1.54, 1.807) is 31.3 Å². The Labute approximate surface area is 214 Å². The van der Waals surface area contributed by atoms with Crippen molar-refractivity contribution in [2.24, 2.45) is 0 Å². The first-order chi connectivity index (χ1) is 17.3. The summed E-state index contributed by atoms with van der Waals surface area (Å²) in [4.78, 5) is 21.7. The van der Waals surface area contributed by atoms with Gasteiger partial charge in [-0.1, -0.05) is 11.6 Å². The molecule has 3 heterocycles. The molecule has 188 valence electrons. The fourth-order valence-electron chi connectivity index (χ4n) is 4.62. The number of carbonyl (C=O) groups is 1. The van der Waals surface area contributed by atoms with Crippen LogP contribution in [-0.4, -0.2) is 69.7 Å². The smallest absolute Gasteiger partial charge is 0.226 e. The summed E-state index contributed by atoms with van der Waals surface area (Å²) in [6.07, 6.45) is 4.54. The molecule has 1 aliphatic carbocycles. The number of anilines is 3. The number of halogens is 2. The Morgan fingerprint density at radius 3 is 2.81 bits per heavy atom. The molecule has 2 fully saturated rings. The van der Waals surface area contributed by atoms with Gasteiger partial charge < -0.3 is 10.6 Å². The summed E-state index contributed by atoms with van der Waals surface area (Å²) < 4.78 is 14.3. The fraction of sp³-hybridized carbons (Fsp3) is 0.385. The number of pyridine rings is 1. The highest BCUT2D eigenvalue weighted by Crippen LogP contribution is 2.43. The van der Waals surface area contributed by atoms with Crippen LogP contribution >= 0.6 is 11.6 Å². The number of amides is 1. The average molecular weight is 510 g/mol. The second-order valence-corrected chi connectivity index (χ2v) is 10.1. The zero-order chi connectivity index (χ0) is 25.3. The number of rotatable bonds is 7. The zero-order valence-electron chi connectivity index (χ0n) is 20.4. The van der Waals surface area contributed by atoms with Crippen molar-refractivity contribution >= 4 is 34.7 Å². The first-order valence-electron chi connectivity index (χ1n) is 12.1. The SMILES string of the molecule is Cc1nnc(-c2cc(Cl)ccc2F)cc1Nc1ccnc(NC(=O)CCN2CCN(C)C3(CC3)C2)c1. The quantitative estimate of drug-likeness (QED) is 0.485. The van der Waals surface area contributed by atoms with Crippen molar-refractivity contribution in [3.63, 3.8) is 0 Å². The number of likely N-dealkylation sites (N-methyl/N-ethyl adjacent to an activating group) is 1. The van der Waals surface area contributed by atoms with E-state index in [1.807, 2.05) is 0 Å². The molecular formula is C26H29ClFN7O. The van der Waals surface area contributed by atoms with Gasteiger partial charge in [-0.25, -0.2) is 9.37 Å². The summed E-state index contributed by atoms with van der Waals surface area (Å²) in [6, 6.07) is 9.58. The number of hydrogen-bond donors (Lipinski definition) is 2. The highest BCUT2D eigenvalue weighted by molar-refractivity contribution is 6.30. The number of nitrogens with zero attached hydrogens (tertiary/aromatic N) is 5. The van der Waals surface area contributed by atoms with Crippen LogP contribution in [0.1, 0.15) is 25.0 Å². The molecule has 2 aliphatic rings. The normalized spacial score (nSPS) is 17.2. The number of piperazine rings is 1. The van der Waals surface area contributed by atoms with Crippen LogP contribution in [0, 0.1) is 12.7 Å². The molecule has 3 aromatic rings. The lowest BCUT2D eigenvalue weighted by Crippen LogP contribution is -2.53. The first kappa shape index (κ1) is 24.5. The molecule has 1 saturated carbocycles. The fourth-order valence-corrected chi connectivity index (χ4v) is 4.79. The zero-order valence-corrected chi connectivity index (χ0v) is 21.1. The molecule has 1 amide bonds. The molecule has 1 saturated heterocycles. The summed E-state index contributed by atoms with van der Waals surface area (Å²) in [5.74, 6) is -0.0343. The lowest BCUT2D eigenvalue weighted by atomic mass is 10.1. The van der Waals surface area contributed by atoms with Crippen molar-refractivity contribution in [3.05, 3.63) is 59.1 Å². The van der Waals surface area contributed by atoms with Crippen LogP contribution in [0.25, 0.3) is 11.3 Å². The third kappa shape index (κ3) is 5.48. The second-order valence-electron chi connectivity index (χ2n) is 9.63. The van der Waals surface area contributed by atoms with E-state index in [0.717, 1.165) is 26.2 Å². The number of benzene rings is 1. The van der Waals surface area contributed by atoms with Gasteiger partial charge in [0.15, 0.2) is 0 Å². The summed E-state index contributed by atoms with van der Waals surface area (Å²) in [5, 5.41) is 14.9. The predicted octanol–water partition coefficient (Wildman–Crippen LogP) is 4.49. The molecule has 1 aliphatic heterocycles. The summed E-state index contributed by atoms with van der Waals surface area (Å²) in [6.45, 7) is 5.62. The molecule has 2 N–H and O–H groups in total. The van der Waals surface area contributed by atoms with Crippen LogP contribution in [0.15, 0.2) is 42.6 Å². The first-order valence-corrected chi connectivity index (χ1v) is 12.5. The van der Waals surface area contributed by atoms with E-state index < -0.39 is 5.82 Å². The Morgan fingerprint density at radius 2 is 2.00 bits per heavy atom. The van der Waals surface area contributed by atoms with E-state index in [4.69, 9.17) is 11.6 Å². The Balaban J connectivity index is 1.22. The van der Waals surface area contributed by atoms with E-state index in [0.29, 0.717) is 45.6 Å². The van der Waals surface area contributed by atoms with E-state index in [2.05, 4.69) is 42.7 Å². The molecular weight excluding hydrogens is 481 g/mol. The Bertz CT molecular complexity index is 1280. The van der Waals surface area contributed by atoms with Gasteiger partial charge in [-0.15, -0.1) is 0 Å². The standard InChI is InChI=1S/C26H29ClFN7O/c1-17-22(15-23(33-32-17)20-13-18(27)3-4-21(20)28)30-19-5-9-29-24(14-19)31-25(36)6-10-35-12-11-34(2)26(16-35)7-8-26/h3-5,9,13-15H,6-8,10-12,16H2,1-2H3,(H2,29,30,31,33,36). The van der Waals surface area contributed by atoms with Crippen molar-refractivity contribution in [2.75, 3.05) is 43.9 Å². The van der Waals surface area contributed by atoms with Crippen molar-refractivity contribution in [2.45, 2.75) is 31.7 Å². The van der Waals surface area contributed by atoms with Crippen LogP contribution in [0.3, 0.4) is 0 Å². The summed E-state index contributed by atoms with van der Waals surface area (Å²) >= 11 is 6.04. The number of nitrogens with one attached hydrogen (secondary N) is 2. The summed E-state index contributed by atoms with van der Waals surface area (Å²) in [5.41, 5.74) is 2.99. The van der Waals surface area contributed by atoms with Crippen LogP contribution < -0.4 is 10.6 Å². The molecule has 5 rings (SSSR count). The molecule has 1 spiro atoms. The molecule has 0 bridgehead atoms. The maximum atomic E-state index is 14.3. The lowest BCUT2D eigenvalue weighted by Gasteiger charge is -2.40. The monoisotopic (exact) mass is 509 g/mol. The van der Waals surface area contributed by atoms with Gasteiger partial charge in [0.1, 0.15) is 11.6 Å². The molecule has 0 radical (unpaired) electrons. The van der Waals surface area contributed by atoms with Gasteiger partial charge in [-0.2, -0.15) is 10.2 Å². The van der Waals surface area contributed by atoms with Crippen LogP contribution in [-0.2, 0) is 4.79 Å². The predicted molar refractivity (Wildman–Crippen MR) is 139 cm³/mol. The number of aryl methyl sites for hydroxylation is 1. The molecule has 1 aromatic carbocycles. The maximum absolute atomic E-state index is 14.3. The molecule has 0 unspecified atom stereocenters. The Kier molecular flexibility index (Phi) is 6.87. The number of hydrogen-bond acceptors (Lipinski definition) is 7. The lowest BCUT2D eigenvalue weighted by molar-refractivity contribution is -0.116. The van der Waals surface area contributed by atoms with Crippen molar-refractivity contribution in [1.82, 2.24) is 25.0 Å². The molecule has 36 heavy (non-hydrogen) atoms.